The first-order valence-corrected chi connectivity index (χ1v) is 6.51. The van der Waals surface area contributed by atoms with E-state index in [9.17, 15) is 4.79 Å². The molecule has 0 bridgehead atoms. The summed E-state index contributed by atoms with van der Waals surface area (Å²) in [4.78, 5) is 14.0. The largest absolute Gasteiger partial charge is 0.399 e. The first-order valence-electron chi connectivity index (χ1n) is 6.51. The second kappa shape index (κ2) is 6.04. The van der Waals surface area contributed by atoms with Crippen LogP contribution in [-0.2, 0) is 16.1 Å². The summed E-state index contributed by atoms with van der Waals surface area (Å²) in [7, 11) is 1.65. The molecule has 1 aromatic carbocycles. The lowest BCUT2D eigenvalue weighted by Crippen LogP contribution is -2.52. The summed E-state index contributed by atoms with van der Waals surface area (Å²) >= 11 is 0. The molecule has 1 aliphatic rings. The maximum absolute atomic E-state index is 11.9. The van der Waals surface area contributed by atoms with Gasteiger partial charge in [0.25, 0.3) is 0 Å². The molecule has 0 spiro atoms. The zero-order chi connectivity index (χ0) is 13.8. The summed E-state index contributed by atoms with van der Waals surface area (Å²) in [5.74, 6) is 0.00116. The van der Waals surface area contributed by atoms with Crippen LogP contribution in [0.5, 0.6) is 0 Å². The first-order chi connectivity index (χ1) is 9.13. The van der Waals surface area contributed by atoms with Crippen molar-refractivity contribution in [2.75, 3.05) is 32.5 Å². The van der Waals surface area contributed by atoms with Crippen molar-refractivity contribution in [2.24, 2.45) is 0 Å². The number of ether oxygens (including phenoxy) is 1. The highest BCUT2D eigenvalue weighted by Crippen LogP contribution is 2.19. The molecule has 1 atom stereocenters. The highest BCUT2D eigenvalue weighted by molar-refractivity contribution is 5.81. The van der Waals surface area contributed by atoms with Crippen LogP contribution in [-0.4, -0.2) is 43.7 Å². The molecule has 3 N–H and O–H groups in total. The van der Waals surface area contributed by atoms with Gasteiger partial charge in [-0.2, -0.15) is 0 Å². The van der Waals surface area contributed by atoms with Crippen LogP contribution < -0.4 is 11.1 Å². The molecule has 5 heteroatoms. The number of benzene rings is 1. The third kappa shape index (κ3) is 3.05. The number of rotatable bonds is 3. The van der Waals surface area contributed by atoms with Crippen molar-refractivity contribution in [3.8, 4) is 0 Å². The third-order valence-corrected chi connectivity index (χ3v) is 3.65. The molecule has 1 saturated heterocycles. The third-order valence-electron chi connectivity index (χ3n) is 3.65. The predicted octanol–water partition coefficient (Wildman–Crippen LogP) is 0.524. The van der Waals surface area contributed by atoms with E-state index in [1.54, 1.807) is 7.05 Å². The molecule has 1 unspecified atom stereocenters. The van der Waals surface area contributed by atoms with Crippen LogP contribution in [0.15, 0.2) is 18.2 Å². The second-order valence-corrected chi connectivity index (χ2v) is 4.81. The van der Waals surface area contributed by atoms with Crippen molar-refractivity contribution in [1.29, 1.82) is 0 Å². The van der Waals surface area contributed by atoms with Gasteiger partial charge in [-0.15, -0.1) is 0 Å². The summed E-state index contributed by atoms with van der Waals surface area (Å²) in [5.41, 5.74) is 8.97. The van der Waals surface area contributed by atoms with Gasteiger partial charge in [0.05, 0.1) is 13.2 Å². The van der Waals surface area contributed by atoms with Crippen LogP contribution >= 0.6 is 0 Å². The van der Waals surface area contributed by atoms with Gasteiger partial charge in [-0.25, -0.2) is 0 Å². The molecular weight excluding hydrogens is 242 g/mol. The van der Waals surface area contributed by atoms with Gasteiger partial charge in [0.1, 0.15) is 6.04 Å². The maximum Gasteiger partial charge on any atom is 0.239 e. The first kappa shape index (κ1) is 13.8. The molecular formula is C14H21N3O2. The molecule has 1 aliphatic heterocycles. The molecule has 1 fully saturated rings. The average Bonchev–Trinajstić information content (AvgIpc) is 2.43. The number of anilines is 1. The number of nitrogen functional groups attached to an aromatic ring is 1. The summed E-state index contributed by atoms with van der Waals surface area (Å²) in [6.45, 7) is 4.60. The Morgan fingerprint density at radius 2 is 2.37 bits per heavy atom. The topological polar surface area (TPSA) is 67.6 Å². The zero-order valence-corrected chi connectivity index (χ0v) is 11.5. The van der Waals surface area contributed by atoms with Crippen LogP contribution in [0.2, 0.25) is 0 Å². The van der Waals surface area contributed by atoms with Crippen molar-refractivity contribution in [3.63, 3.8) is 0 Å². The fourth-order valence-corrected chi connectivity index (χ4v) is 2.33. The molecule has 1 amide bonds. The number of carbonyl (C=O) groups excluding carboxylic acids is 1. The van der Waals surface area contributed by atoms with Gasteiger partial charge in [0.2, 0.25) is 5.91 Å². The minimum Gasteiger partial charge on any atom is -0.399 e. The van der Waals surface area contributed by atoms with Crippen LogP contribution in [0.3, 0.4) is 0 Å². The number of nitrogens with zero attached hydrogens (tertiary/aromatic N) is 1. The molecule has 19 heavy (non-hydrogen) atoms. The molecule has 1 heterocycles. The Hall–Kier alpha value is -1.59. The molecule has 1 aromatic rings. The van der Waals surface area contributed by atoms with Crippen molar-refractivity contribution < 1.29 is 9.53 Å². The van der Waals surface area contributed by atoms with E-state index in [1.807, 2.05) is 19.1 Å². The monoisotopic (exact) mass is 263 g/mol. The number of nitrogens with two attached hydrogens (primary N) is 1. The minimum atomic E-state index is -0.223. The molecule has 0 aliphatic carbocycles. The van der Waals surface area contributed by atoms with E-state index in [-0.39, 0.29) is 11.9 Å². The maximum atomic E-state index is 11.9. The SMILES string of the molecule is CNC(=O)C1COCCN1Cc1cccc(N)c1C. The van der Waals surface area contributed by atoms with Crippen LogP contribution in [0.25, 0.3) is 0 Å². The molecule has 0 aromatic heterocycles. The Kier molecular flexibility index (Phi) is 4.39. The fourth-order valence-electron chi connectivity index (χ4n) is 2.33. The zero-order valence-electron chi connectivity index (χ0n) is 11.5. The van der Waals surface area contributed by atoms with Gasteiger partial charge in [-0.1, -0.05) is 12.1 Å². The minimum absolute atomic E-state index is 0.00116. The fraction of sp³-hybridized carbons (Fsp3) is 0.500. The van der Waals surface area contributed by atoms with Crippen LogP contribution in [0, 0.1) is 6.92 Å². The van der Waals surface area contributed by atoms with Crippen molar-refractivity contribution >= 4 is 11.6 Å². The van der Waals surface area contributed by atoms with E-state index in [2.05, 4.69) is 16.3 Å². The summed E-state index contributed by atoms with van der Waals surface area (Å²) in [5, 5.41) is 2.69. The normalized spacial score (nSPS) is 20.2. The molecule has 2 rings (SSSR count). The standard InChI is InChI=1S/C14H21N3O2/c1-10-11(4-3-5-12(10)15)8-17-6-7-19-9-13(17)14(18)16-2/h3-5,13H,6-9,15H2,1-2H3,(H,16,18). The van der Waals surface area contributed by atoms with E-state index in [0.717, 1.165) is 29.9 Å². The predicted molar refractivity (Wildman–Crippen MR) is 74.7 cm³/mol. The van der Waals surface area contributed by atoms with Gasteiger partial charge in [-0.05, 0) is 24.1 Å². The number of morpholine rings is 1. The molecule has 104 valence electrons. The number of carbonyl (C=O) groups is 1. The summed E-state index contributed by atoms with van der Waals surface area (Å²) in [6, 6.07) is 5.68. The highest BCUT2D eigenvalue weighted by atomic mass is 16.5. The lowest BCUT2D eigenvalue weighted by molar-refractivity contribution is -0.132. The van der Waals surface area contributed by atoms with Gasteiger partial charge in [-0.3, -0.25) is 9.69 Å². The van der Waals surface area contributed by atoms with Crippen LogP contribution in [0.1, 0.15) is 11.1 Å². The molecule has 5 nitrogen and oxygen atoms in total. The van der Waals surface area contributed by atoms with Gasteiger partial charge in [0, 0.05) is 25.8 Å². The molecule has 0 saturated carbocycles. The van der Waals surface area contributed by atoms with E-state index in [0.29, 0.717) is 13.2 Å². The highest BCUT2D eigenvalue weighted by Gasteiger charge is 2.28. The Labute approximate surface area is 113 Å². The van der Waals surface area contributed by atoms with E-state index >= 15 is 0 Å². The molecule has 0 radical (unpaired) electrons. The van der Waals surface area contributed by atoms with Crippen molar-refractivity contribution in [1.82, 2.24) is 10.2 Å². The van der Waals surface area contributed by atoms with Gasteiger partial charge < -0.3 is 15.8 Å². The van der Waals surface area contributed by atoms with E-state index in [4.69, 9.17) is 10.5 Å². The van der Waals surface area contributed by atoms with Gasteiger partial charge >= 0.3 is 0 Å². The Bertz CT molecular complexity index is 462. The number of nitrogens with one attached hydrogen (secondary N) is 1. The Morgan fingerprint density at radius 3 is 3.11 bits per heavy atom. The van der Waals surface area contributed by atoms with E-state index < -0.39 is 0 Å². The second-order valence-electron chi connectivity index (χ2n) is 4.81. The summed E-state index contributed by atoms with van der Waals surface area (Å²) < 4.78 is 5.40. The average molecular weight is 263 g/mol. The van der Waals surface area contributed by atoms with Gasteiger partial charge in [0.15, 0.2) is 0 Å². The van der Waals surface area contributed by atoms with E-state index in [1.165, 1.54) is 0 Å². The Morgan fingerprint density at radius 1 is 1.58 bits per heavy atom. The van der Waals surface area contributed by atoms with Crippen LogP contribution in [0.4, 0.5) is 5.69 Å². The number of hydrogen-bond donors (Lipinski definition) is 2. The quantitative estimate of drug-likeness (QED) is 0.780. The van der Waals surface area contributed by atoms with Crippen molar-refractivity contribution in [3.05, 3.63) is 29.3 Å². The Balaban J connectivity index is 2.15. The van der Waals surface area contributed by atoms with Crippen molar-refractivity contribution in [2.45, 2.75) is 19.5 Å². The number of likely N-dealkylation sites (N-methyl/N-ethyl adjacent to an activating group) is 1. The number of amides is 1. The lowest BCUT2D eigenvalue weighted by Gasteiger charge is -2.34. The lowest BCUT2D eigenvalue weighted by atomic mass is 10.1. The smallest absolute Gasteiger partial charge is 0.239 e. The number of hydrogen-bond acceptors (Lipinski definition) is 4. The summed E-state index contributed by atoms with van der Waals surface area (Å²) in [6.07, 6.45) is 0.